The highest BCUT2D eigenvalue weighted by molar-refractivity contribution is 6.26. The van der Waals surface area contributed by atoms with Crippen LogP contribution in [0.4, 0.5) is 0 Å². The van der Waals surface area contributed by atoms with Crippen LogP contribution in [0, 0.1) is 0 Å². The van der Waals surface area contributed by atoms with Gasteiger partial charge in [0, 0.05) is 13.1 Å². The van der Waals surface area contributed by atoms with Crippen LogP contribution in [-0.2, 0) is 9.63 Å². The number of carbonyl (C=O) groups is 1. The monoisotopic (exact) mass is 182 g/mol. The second kappa shape index (κ2) is 4.64. The Bertz CT molecular complexity index is 246. The normalized spacial score (nSPS) is 17.4. The summed E-state index contributed by atoms with van der Waals surface area (Å²) in [6.45, 7) is 3.53. The summed E-state index contributed by atoms with van der Waals surface area (Å²) < 4.78 is 0. The van der Waals surface area contributed by atoms with Crippen molar-refractivity contribution >= 4 is 12.1 Å². The number of oxime groups is 1. The lowest BCUT2D eigenvalue weighted by Crippen LogP contribution is -2.35. The van der Waals surface area contributed by atoms with Crippen LogP contribution in [0.3, 0.4) is 0 Å². The standard InChI is InChI=1S/C9H14N2O2/c1-8-3-5-11(6-4-8)9(12)7-10-13-2/h3,7H,4-6H2,1-2H3/b10-7+. The molecule has 0 N–H and O–H groups in total. The molecule has 1 aliphatic rings. The number of hydrogen-bond acceptors (Lipinski definition) is 3. The molecule has 0 aromatic carbocycles. The molecular formula is C9H14N2O2. The lowest BCUT2D eigenvalue weighted by atomic mass is 10.1. The van der Waals surface area contributed by atoms with Crippen molar-refractivity contribution < 1.29 is 9.63 Å². The summed E-state index contributed by atoms with van der Waals surface area (Å²) in [4.78, 5) is 17.5. The van der Waals surface area contributed by atoms with Gasteiger partial charge in [0.1, 0.15) is 13.3 Å². The lowest BCUT2D eigenvalue weighted by Gasteiger charge is -2.23. The van der Waals surface area contributed by atoms with E-state index in [1.165, 1.54) is 18.9 Å². The molecule has 1 aliphatic heterocycles. The number of amides is 1. The van der Waals surface area contributed by atoms with Gasteiger partial charge in [0.2, 0.25) is 0 Å². The highest BCUT2D eigenvalue weighted by Crippen LogP contribution is 2.08. The van der Waals surface area contributed by atoms with E-state index in [9.17, 15) is 4.79 Å². The molecule has 0 spiro atoms. The van der Waals surface area contributed by atoms with Gasteiger partial charge in [-0.05, 0) is 13.3 Å². The quantitative estimate of drug-likeness (QED) is 0.360. The van der Waals surface area contributed by atoms with Crippen molar-refractivity contribution in [1.82, 2.24) is 4.90 Å². The average molecular weight is 182 g/mol. The summed E-state index contributed by atoms with van der Waals surface area (Å²) in [7, 11) is 1.42. The Hall–Kier alpha value is -1.32. The zero-order valence-corrected chi connectivity index (χ0v) is 7.99. The molecule has 4 heteroatoms. The van der Waals surface area contributed by atoms with Crippen molar-refractivity contribution in [3.63, 3.8) is 0 Å². The smallest absolute Gasteiger partial charge is 0.268 e. The zero-order chi connectivity index (χ0) is 9.68. The Kier molecular flexibility index (Phi) is 3.49. The number of carbonyl (C=O) groups excluding carboxylic acids is 1. The van der Waals surface area contributed by atoms with Gasteiger partial charge in [0.25, 0.3) is 5.91 Å². The maximum absolute atomic E-state index is 11.3. The van der Waals surface area contributed by atoms with Gasteiger partial charge >= 0.3 is 0 Å². The van der Waals surface area contributed by atoms with Crippen molar-refractivity contribution in [3.8, 4) is 0 Å². The van der Waals surface area contributed by atoms with E-state index < -0.39 is 0 Å². The molecule has 1 amide bonds. The Balaban J connectivity index is 2.46. The van der Waals surface area contributed by atoms with Crippen LogP contribution in [0.1, 0.15) is 13.3 Å². The molecule has 72 valence electrons. The van der Waals surface area contributed by atoms with Gasteiger partial charge in [-0.15, -0.1) is 0 Å². The summed E-state index contributed by atoms with van der Waals surface area (Å²) in [5, 5.41) is 3.43. The Labute approximate surface area is 77.8 Å². The van der Waals surface area contributed by atoms with Crippen LogP contribution >= 0.6 is 0 Å². The van der Waals surface area contributed by atoms with E-state index in [2.05, 4.69) is 23.0 Å². The second-order valence-corrected chi connectivity index (χ2v) is 3.00. The molecule has 4 nitrogen and oxygen atoms in total. The first-order valence-electron chi connectivity index (χ1n) is 4.25. The Morgan fingerprint density at radius 2 is 2.54 bits per heavy atom. The number of nitrogens with zero attached hydrogens (tertiary/aromatic N) is 2. The van der Waals surface area contributed by atoms with Crippen molar-refractivity contribution in [1.29, 1.82) is 0 Å². The molecule has 0 fully saturated rings. The first-order valence-corrected chi connectivity index (χ1v) is 4.25. The molecule has 1 heterocycles. The fraction of sp³-hybridized carbons (Fsp3) is 0.556. The lowest BCUT2D eigenvalue weighted by molar-refractivity contribution is -0.123. The minimum Gasteiger partial charge on any atom is -0.399 e. The maximum atomic E-state index is 11.3. The third-order valence-electron chi connectivity index (χ3n) is 2.02. The highest BCUT2D eigenvalue weighted by Gasteiger charge is 2.13. The molecule has 0 aromatic rings. The van der Waals surface area contributed by atoms with E-state index in [0.717, 1.165) is 13.0 Å². The van der Waals surface area contributed by atoms with Gasteiger partial charge in [-0.3, -0.25) is 4.79 Å². The molecule has 1 rings (SSSR count). The fourth-order valence-electron chi connectivity index (χ4n) is 1.15. The van der Waals surface area contributed by atoms with Crippen molar-refractivity contribution in [3.05, 3.63) is 11.6 Å². The minimum atomic E-state index is -0.0920. The summed E-state index contributed by atoms with van der Waals surface area (Å²) in [5.41, 5.74) is 1.34. The van der Waals surface area contributed by atoms with Gasteiger partial charge in [-0.25, -0.2) is 0 Å². The van der Waals surface area contributed by atoms with Crippen LogP contribution in [0.2, 0.25) is 0 Å². The van der Waals surface area contributed by atoms with E-state index in [-0.39, 0.29) is 5.91 Å². The first kappa shape index (κ1) is 9.77. The SMILES string of the molecule is CO/N=C/C(=O)N1CC=C(C)CC1. The maximum Gasteiger partial charge on any atom is 0.268 e. The highest BCUT2D eigenvalue weighted by atomic mass is 16.6. The number of hydrogen-bond donors (Lipinski definition) is 0. The topological polar surface area (TPSA) is 41.9 Å². The minimum absolute atomic E-state index is 0.0920. The van der Waals surface area contributed by atoms with Crippen molar-refractivity contribution in [2.24, 2.45) is 5.16 Å². The summed E-state index contributed by atoms with van der Waals surface area (Å²) in [5.74, 6) is -0.0920. The molecule has 0 saturated carbocycles. The van der Waals surface area contributed by atoms with E-state index in [1.807, 2.05) is 0 Å². The third-order valence-corrected chi connectivity index (χ3v) is 2.02. The van der Waals surface area contributed by atoms with Crippen LogP contribution in [-0.4, -0.2) is 37.2 Å². The molecule has 0 unspecified atom stereocenters. The van der Waals surface area contributed by atoms with Gasteiger partial charge in [-0.2, -0.15) is 0 Å². The largest absolute Gasteiger partial charge is 0.399 e. The molecule has 0 aliphatic carbocycles. The Morgan fingerprint density at radius 3 is 3.08 bits per heavy atom. The van der Waals surface area contributed by atoms with E-state index in [1.54, 1.807) is 4.90 Å². The molecule has 0 radical (unpaired) electrons. The van der Waals surface area contributed by atoms with E-state index in [4.69, 9.17) is 0 Å². The summed E-state index contributed by atoms with van der Waals surface area (Å²) in [6, 6.07) is 0. The summed E-state index contributed by atoms with van der Waals surface area (Å²) >= 11 is 0. The Morgan fingerprint density at radius 1 is 1.77 bits per heavy atom. The van der Waals surface area contributed by atoms with Gasteiger partial charge in [-0.1, -0.05) is 16.8 Å². The zero-order valence-electron chi connectivity index (χ0n) is 7.99. The summed E-state index contributed by atoms with van der Waals surface area (Å²) in [6.07, 6.45) is 4.21. The predicted octanol–water partition coefficient (Wildman–Crippen LogP) is 0.797. The van der Waals surface area contributed by atoms with Gasteiger partial charge in [0.15, 0.2) is 0 Å². The number of rotatable bonds is 2. The molecule has 13 heavy (non-hydrogen) atoms. The van der Waals surface area contributed by atoms with E-state index >= 15 is 0 Å². The molecule has 0 saturated heterocycles. The third kappa shape index (κ3) is 2.89. The average Bonchev–Trinajstić information content (AvgIpc) is 2.15. The van der Waals surface area contributed by atoms with Gasteiger partial charge < -0.3 is 9.74 Å². The molecule has 0 atom stereocenters. The second-order valence-electron chi connectivity index (χ2n) is 3.00. The fourth-order valence-corrected chi connectivity index (χ4v) is 1.15. The van der Waals surface area contributed by atoms with Crippen LogP contribution < -0.4 is 0 Å². The van der Waals surface area contributed by atoms with E-state index in [0.29, 0.717) is 6.54 Å². The first-order chi connectivity index (χ1) is 6.24. The van der Waals surface area contributed by atoms with Crippen LogP contribution in [0.25, 0.3) is 0 Å². The predicted molar refractivity (Wildman–Crippen MR) is 50.5 cm³/mol. The molecular weight excluding hydrogens is 168 g/mol. The van der Waals surface area contributed by atoms with Crippen molar-refractivity contribution in [2.75, 3.05) is 20.2 Å². The molecule has 0 aromatic heterocycles. The van der Waals surface area contributed by atoms with Crippen molar-refractivity contribution in [2.45, 2.75) is 13.3 Å². The van der Waals surface area contributed by atoms with Gasteiger partial charge in [0.05, 0.1) is 0 Å². The molecule has 0 bridgehead atoms. The van der Waals surface area contributed by atoms with Crippen LogP contribution in [0.5, 0.6) is 0 Å². The van der Waals surface area contributed by atoms with Crippen LogP contribution in [0.15, 0.2) is 16.8 Å².